The molecule has 0 unspecified atom stereocenters. The molecular weight excluding hydrogens is 286 g/mol. The Morgan fingerprint density at radius 2 is 1.78 bits per heavy atom. The SMILES string of the molecule is CN1CCC(NC(=O)c2cccc(N)c2-c2ccccc2)CC1. The van der Waals surface area contributed by atoms with E-state index in [9.17, 15) is 4.79 Å². The van der Waals surface area contributed by atoms with E-state index in [4.69, 9.17) is 5.73 Å². The molecule has 4 heteroatoms. The van der Waals surface area contributed by atoms with Gasteiger partial charge >= 0.3 is 0 Å². The van der Waals surface area contributed by atoms with E-state index >= 15 is 0 Å². The Morgan fingerprint density at radius 3 is 2.48 bits per heavy atom. The Bertz CT molecular complexity index is 676. The van der Waals surface area contributed by atoms with Crippen LogP contribution in [0, 0.1) is 0 Å². The number of nitrogen functional groups attached to an aromatic ring is 1. The predicted molar refractivity (Wildman–Crippen MR) is 94.3 cm³/mol. The fourth-order valence-electron chi connectivity index (χ4n) is 3.10. The minimum atomic E-state index is -0.0364. The van der Waals surface area contributed by atoms with E-state index in [1.807, 2.05) is 48.5 Å². The lowest BCUT2D eigenvalue weighted by molar-refractivity contribution is 0.0917. The zero-order chi connectivity index (χ0) is 16.2. The first-order valence-electron chi connectivity index (χ1n) is 8.08. The van der Waals surface area contributed by atoms with Crippen molar-refractivity contribution in [2.45, 2.75) is 18.9 Å². The summed E-state index contributed by atoms with van der Waals surface area (Å²) >= 11 is 0. The van der Waals surface area contributed by atoms with Gasteiger partial charge in [0.2, 0.25) is 0 Å². The van der Waals surface area contributed by atoms with Crippen LogP contribution in [0.5, 0.6) is 0 Å². The van der Waals surface area contributed by atoms with Crippen molar-refractivity contribution in [3.8, 4) is 11.1 Å². The van der Waals surface area contributed by atoms with E-state index in [2.05, 4.69) is 17.3 Å². The third-order valence-corrected chi connectivity index (χ3v) is 4.46. The number of rotatable bonds is 3. The number of hydrogen-bond donors (Lipinski definition) is 2. The molecule has 120 valence electrons. The van der Waals surface area contributed by atoms with E-state index in [-0.39, 0.29) is 11.9 Å². The number of anilines is 1. The van der Waals surface area contributed by atoms with Gasteiger partial charge in [-0.25, -0.2) is 0 Å². The van der Waals surface area contributed by atoms with Crippen LogP contribution in [0.25, 0.3) is 11.1 Å². The van der Waals surface area contributed by atoms with Gasteiger partial charge in [0.15, 0.2) is 0 Å². The van der Waals surface area contributed by atoms with Crippen molar-refractivity contribution < 1.29 is 4.79 Å². The number of hydrogen-bond acceptors (Lipinski definition) is 3. The van der Waals surface area contributed by atoms with Crippen LogP contribution in [-0.2, 0) is 0 Å². The number of nitrogens with two attached hydrogens (primary N) is 1. The minimum Gasteiger partial charge on any atom is -0.398 e. The summed E-state index contributed by atoms with van der Waals surface area (Å²) in [4.78, 5) is 15.1. The first-order valence-corrected chi connectivity index (χ1v) is 8.08. The fourth-order valence-corrected chi connectivity index (χ4v) is 3.10. The van der Waals surface area contributed by atoms with Gasteiger partial charge in [-0.1, -0.05) is 36.4 Å². The minimum absolute atomic E-state index is 0.0364. The Labute approximate surface area is 137 Å². The van der Waals surface area contributed by atoms with Gasteiger partial charge in [0.25, 0.3) is 5.91 Å². The molecule has 23 heavy (non-hydrogen) atoms. The molecule has 0 radical (unpaired) electrons. The summed E-state index contributed by atoms with van der Waals surface area (Å²) in [6.45, 7) is 2.04. The maximum Gasteiger partial charge on any atom is 0.252 e. The summed E-state index contributed by atoms with van der Waals surface area (Å²) in [6, 6.07) is 15.6. The van der Waals surface area contributed by atoms with E-state index in [0.29, 0.717) is 11.3 Å². The first kappa shape index (κ1) is 15.6. The van der Waals surface area contributed by atoms with Gasteiger partial charge in [0, 0.05) is 22.9 Å². The van der Waals surface area contributed by atoms with Gasteiger partial charge in [0.05, 0.1) is 0 Å². The molecule has 2 aromatic carbocycles. The van der Waals surface area contributed by atoms with Crippen LogP contribution in [0.3, 0.4) is 0 Å². The van der Waals surface area contributed by atoms with E-state index in [1.54, 1.807) is 0 Å². The Balaban J connectivity index is 1.85. The molecule has 1 aliphatic rings. The zero-order valence-electron chi connectivity index (χ0n) is 13.5. The summed E-state index contributed by atoms with van der Waals surface area (Å²) in [7, 11) is 2.11. The van der Waals surface area contributed by atoms with Gasteiger partial charge in [-0.05, 0) is 50.7 Å². The molecule has 0 saturated carbocycles. The Hall–Kier alpha value is -2.33. The molecule has 3 N–H and O–H groups in total. The second kappa shape index (κ2) is 6.84. The number of carbonyl (C=O) groups excluding carboxylic acids is 1. The van der Waals surface area contributed by atoms with Gasteiger partial charge in [-0.3, -0.25) is 4.79 Å². The van der Waals surface area contributed by atoms with Crippen molar-refractivity contribution in [1.29, 1.82) is 0 Å². The molecule has 0 spiro atoms. The number of nitrogens with zero attached hydrogens (tertiary/aromatic N) is 1. The lowest BCUT2D eigenvalue weighted by Gasteiger charge is -2.29. The molecule has 0 aliphatic carbocycles. The number of likely N-dealkylation sites (tertiary alicyclic amines) is 1. The molecule has 1 heterocycles. The normalized spacial score (nSPS) is 16.2. The van der Waals surface area contributed by atoms with Crippen LogP contribution >= 0.6 is 0 Å². The summed E-state index contributed by atoms with van der Waals surface area (Å²) in [6.07, 6.45) is 1.98. The average molecular weight is 309 g/mol. The number of amides is 1. The van der Waals surface area contributed by atoms with Crippen LogP contribution in [0.1, 0.15) is 23.2 Å². The smallest absolute Gasteiger partial charge is 0.252 e. The fraction of sp³-hybridized carbons (Fsp3) is 0.316. The molecular formula is C19H23N3O. The maximum atomic E-state index is 12.8. The topological polar surface area (TPSA) is 58.4 Å². The second-order valence-corrected chi connectivity index (χ2v) is 6.19. The molecule has 4 nitrogen and oxygen atoms in total. The van der Waals surface area contributed by atoms with E-state index in [1.165, 1.54) is 0 Å². The summed E-state index contributed by atoms with van der Waals surface area (Å²) < 4.78 is 0. The molecule has 3 rings (SSSR count). The highest BCUT2D eigenvalue weighted by Gasteiger charge is 2.21. The Morgan fingerprint density at radius 1 is 1.09 bits per heavy atom. The third kappa shape index (κ3) is 3.54. The van der Waals surface area contributed by atoms with Crippen LogP contribution in [0.4, 0.5) is 5.69 Å². The van der Waals surface area contributed by atoms with Gasteiger partial charge < -0.3 is 16.0 Å². The number of nitrogens with one attached hydrogen (secondary N) is 1. The molecule has 0 aromatic heterocycles. The molecule has 0 bridgehead atoms. The number of carbonyl (C=O) groups is 1. The lowest BCUT2D eigenvalue weighted by atomic mass is 9.96. The van der Waals surface area contributed by atoms with Crippen molar-refractivity contribution >= 4 is 11.6 Å². The van der Waals surface area contributed by atoms with Crippen LogP contribution < -0.4 is 11.1 Å². The molecule has 1 saturated heterocycles. The van der Waals surface area contributed by atoms with Crippen molar-refractivity contribution in [3.63, 3.8) is 0 Å². The quantitative estimate of drug-likeness (QED) is 0.857. The number of piperidine rings is 1. The van der Waals surface area contributed by atoms with Gasteiger partial charge in [0.1, 0.15) is 0 Å². The van der Waals surface area contributed by atoms with E-state index < -0.39 is 0 Å². The second-order valence-electron chi connectivity index (χ2n) is 6.19. The lowest BCUT2D eigenvalue weighted by Crippen LogP contribution is -2.43. The summed E-state index contributed by atoms with van der Waals surface area (Å²) in [5.74, 6) is -0.0364. The van der Waals surface area contributed by atoms with Gasteiger partial charge in [-0.15, -0.1) is 0 Å². The van der Waals surface area contributed by atoms with E-state index in [0.717, 1.165) is 37.1 Å². The Kier molecular flexibility index (Phi) is 4.63. The molecule has 0 atom stereocenters. The summed E-state index contributed by atoms with van der Waals surface area (Å²) in [5.41, 5.74) is 9.23. The average Bonchev–Trinajstić information content (AvgIpc) is 2.57. The van der Waals surface area contributed by atoms with Crippen LogP contribution in [0.2, 0.25) is 0 Å². The predicted octanol–water partition coefficient (Wildman–Crippen LogP) is 2.76. The van der Waals surface area contributed by atoms with Gasteiger partial charge in [-0.2, -0.15) is 0 Å². The highest BCUT2D eigenvalue weighted by Crippen LogP contribution is 2.29. The van der Waals surface area contributed by atoms with Crippen LogP contribution in [-0.4, -0.2) is 37.0 Å². The first-order chi connectivity index (χ1) is 11.1. The molecule has 2 aromatic rings. The maximum absolute atomic E-state index is 12.8. The molecule has 1 aliphatic heterocycles. The molecule has 1 fully saturated rings. The van der Waals surface area contributed by atoms with Crippen molar-refractivity contribution in [2.75, 3.05) is 25.9 Å². The highest BCUT2D eigenvalue weighted by atomic mass is 16.1. The van der Waals surface area contributed by atoms with Crippen molar-refractivity contribution in [2.24, 2.45) is 0 Å². The van der Waals surface area contributed by atoms with Crippen molar-refractivity contribution in [3.05, 3.63) is 54.1 Å². The standard InChI is InChI=1S/C19H23N3O/c1-22-12-10-15(11-13-22)21-19(23)16-8-5-9-17(20)18(16)14-6-3-2-4-7-14/h2-9,15H,10-13,20H2,1H3,(H,21,23). The zero-order valence-corrected chi connectivity index (χ0v) is 13.5. The van der Waals surface area contributed by atoms with Crippen molar-refractivity contribution in [1.82, 2.24) is 10.2 Å². The largest absolute Gasteiger partial charge is 0.398 e. The number of benzene rings is 2. The monoisotopic (exact) mass is 309 g/mol. The highest BCUT2D eigenvalue weighted by molar-refractivity contribution is 6.03. The summed E-state index contributed by atoms with van der Waals surface area (Å²) in [5, 5.41) is 3.17. The van der Waals surface area contributed by atoms with Crippen LogP contribution in [0.15, 0.2) is 48.5 Å². The molecule has 1 amide bonds. The third-order valence-electron chi connectivity index (χ3n) is 4.46.